The summed E-state index contributed by atoms with van der Waals surface area (Å²) in [5, 5.41) is 3.98. The lowest BCUT2D eigenvalue weighted by atomic mass is 9.99. The molecule has 0 radical (unpaired) electrons. The van der Waals surface area contributed by atoms with E-state index in [1.807, 2.05) is 6.92 Å². The van der Waals surface area contributed by atoms with Crippen molar-refractivity contribution in [3.05, 3.63) is 30.7 Å². The lowest BCUT2D eigenvalue weighted by molar-refractivity contribution is -0.129. The number of halogens is 2. The molecule has 1 amide bonds. The molecule has 2 N–H and O–H groups in total. The summed E-state index contributed by atoms with van der Waals surface area (Å²) in [6.45, 7) is 7.66. The highest BCUT2D eigenvalue weighted by Crippen LogP contribution is 2.62. The minimum absolute atomic E-state index is 0.0110. The van der Waals surface area contributed by atoms with Gasteiger partial charge in [-0.2, -0.15) is 0 Å². The summed E-state index contributed by atoms with van der Waals surface area (Å²) < 4.78 is 27.9. The van der Waals surface area contributed by atoms with E-state index in [0.717, 1.165) is 12.8 Å². The number of fused-ring (bicyclic) bond motifs is 1. The van der Waals surface area contributed by atoms with Gasteiger partial charge in [-0.15, -0.1) is 0 Å². The Bertz CT molecular complexity index is 895. The zero-order valence-corrected chi connectivity index (χ0v) is 15.4. The number of likely N-dealkylation sites (tertiary alicyclic amines) is 1. The van der Waals surface area contributed by atoms with E-state index in [2.05, 4.69) is 26.8 Å². The molecular formula is C19H23F2N5O. The Hall–Kier alpha value is -2.51. The van der Waals surface area contributed by atoms with Crippen molar-refractivity contribution in [2.45, 2.75) is 50.6 Å². The lowest BCUT2D eigenvalue weighted by Gasteiger charge is -2.38. The number of hydrogen-bond donors (Lipinski definition) is 2. The molecule has 2 aliphatic rings. The number of carbonyl (C=O) groups excluding carboxylic acids is 1. The van der Waals surface area contributed by atoms with Crippen molar-refractivity contribution in [1.82, 2.24) is 19.9 Å². The van der Waals surface area contributed by atoms with Crippen LogP contribution in [0.4, 0.5) is 14.6 Å². The van der Waals surface area contributed by atoms with Gasteiger partial charge in [0.25, 0.3) is 5.92 Å². The van der Waals surface area contributed by atoms with Crippen LogP contribution in [0.2, 0.25) is 0 Å². The minimum atomic E-state index is -2.70. The molecular weight excluding hydrogens is 352 g/mol. The van der Waals surface area contributed by atoms with E-state index in [1.165, 1.54) is 12.4 Å². The lowest BCUT2D eigenvalue weighted by Crippen LogP contribution is -2.49. The first-order valence-corrected chi connectivity index (χ1v) is 9.24. The van der Waals surface area contributed by atoms with E-state index in [-0.39, 0.29) is 18.0 Å². The molecule has 27 heavy (non-hydrogen) atoms. The van der Waals surface area contributed by atoms with Crippen molar-refractivity contribution in [2.24, 2.45) is 5.92 Å². The second kappa shape index (κ2) is 6.28. The van der Waals surface area contributed by atoms with Gasteiger partial charge in [0.2, 0.25) is 5.91 Å². The average molecular weight is 375 g/mol. The van der Waals surface area contributed by atoms with E-state index in [1.54, 1.807) is 18.0 Å². The molecule has 0 unspecified atom stereocenters. The highest BCUT2D eigenvalue weighted by Gasteiger charge is 2.66. The van der Waals surface area contributed by atoms with Crippen LogP contribution in [0, 0.1) is 5.92 Å². The maximum absolute atomic E-state index is 14.0. The van der Waals surface area contributed by atoms with Gasteiger partial charge in [0.1, 0.15) is 17.8 Å². The Labute approximate surface area is 156 Å². The van der Waals surface area contributed by atoms with Crippen LogP contribution in [0.3, 0.4) is 0 Å². The predicted octanol–water partition coefficient (Wildman–Crippen LogP) is 3.30. The normalized spacial score (nSPS) is 29.6. The second-order valence-electron chi connectivity index (χ2n) is 7.59. The molecule has 8 heteroatoms. The highest BCUT2D eigenvalue weighted by molar-refractivity contribution is 5.91. The van der Waals surface area contributed by atoms with Gasteiger partial charge >= 0.3 is 0 Å². The standard InChI is InChI=1S/C19H23F2N5O/c1-4-14(27)26-8-12(6-5-10(26)2)25-18-15-13(16-11(3)19(16,20)21)7-22-17(15)23-9-24-18/h4,7,9-12,16H,1,5-6,8H2,2-3H3,(H2,22,23,24,25)/t10-,11+,12+,16+/m0/s1. The number of alkyl halides is 2. The van der Waals surface area contributed by atoms with Gasteiger partial charge in [0.05, 0.1) is 11.3 Å². The van der Waals surface area contributed by atoms with Gasteiger partial charge in [-0.05, 0) is 31.4 Å². The molecule has 0 aromatic carbocycles. The largest absolute Gasteiger partial charge is 0.365 e. The molecule has 6 nitrogen and oxygen atoms in total. The van der Waals surface area contributed by atoms with Gasteiger partial charge in [-0.3, -0.25) is 4.79 Å². The van der Waals surface area contributed by atoms with Gasteiger partial charge in [0.15, 0.2) is 0 Å². The molecule has 2 fully saturated rings. The first-order valence-electron chi connectivity index (χ1n) is 9.24. The zero-order valence-electron chi connectivity index (χ0n) is 15.4. The first-order chi connectivity index (χ1) is 12.8. The van der Waals surface area contributed by atoms with Crippen LogP contribution in [0.15, 0.2) is 25.2 Å². The SMILES string of the molecule is C=CC(=O)N1C[C@H](Nc2ncnc3[nH]cc([C@H]4[C@@H](C)C4(F)F)c23)CC[C@@H]1C. The molecule has 1 aliphatic carbocycles. The van der Waals surface area contributed by atoms with Crippen molar-refractivity contribution in [2.75, 3.05) is 11.9 Å². The van der Waals surface area contributed by atoms with Crippen molar-refractivity contribution < 1.29 is 13.6 Å². The summed E-state index contributed by atoms with van der Waals surface area (Å²) in [6, 6.07) is 0.135. The summed E-state index contributed by atoms with van der Waals surface area (Å²) in [5.74, 6) is -3.77. The highest BCUT2D eigenvalue weighted by atomic mass is 19.3. The number of nitrogens with zero attached hydrogens (tertiary/aromatic N) is 3. The predicted molar refractivity (Wildman–Crippen MR) is 98.8 cm³/mol. The molecule has 0 bridgehead atoms. The van der Waals surface area contributed by atoms with Gasteiger partial charge < -0.3 is 15.2 Å². The number of carbonyl (C=O) groups is 1. The number of anilines is 1. The first kappa shape index (κ1) is 17.9. The fourth-order valence-electron chi connectivity index (χ4n) is 4.14. The van der Waals surface area contributed by atoms with Gasteiger partial charge in [0, 0.05) is 30.7 Å². The summed E-state index contributed by atoms with van der Waals surface area (Å²) in [4.78, 5) is 25.3. The smallest absolute Gasteiger partial charge is 0.258 e. The molecule has 4 rings (SSSR count). The van der Waals surface area contributed by atoms with Crippen molar-refractivity contribution in [1.29, 1.82) is 0 Å². The minimum Gasteiger partial charge on any atom is -0.365 e. The maximum Gasteiger partial charge on any atom is 0.258 e. The van der Waals surface area contributed by atoms with Crippen LogP contribution < -0.4 is 5.32 Å². The van der Waals surface area contributed by atoms with E-state index in [0.29, 0.717) is 29.0 Å². The van der Waals surface area contributed by atoms with Gasteiger partial charge in [-0.25, -0.2) is 18.7 Å². The van der Waals surface area contributed by atoms with E-state index in [4.69, 9.17) is 0 Å². The fourth-order valence-corrected chi connectivity index (χ4v) is 4.14. The average Bonchev–Trinajstić information content (AvgIpc) is 2.97. The maximum atomic E-state index is 14.0. The molecule has 3 heterocycles. The van der Waals surface area contributed by atoms with Crippen molar-refractivity contribution >= 4 is 22.8 Å². The number of aromatic nitrogens is 3. The molecule has 4 atom stereocenters. The number of piperidine rings is 1. The van der Waals surface area contributed by atoms with Crippen LogP contribution in [0.25, 0.3) is 11.0 Å². The van der Waals surface area contributed by atoms with Crippen LogP contribution in [0.1, 0.15) is 38.2 Å². The molecule has 1 aliphatic heterocycles. The Morgan fingerprint density at radius 2 is 2.15 bits per heavy atom. The van der Waals surface area contributed by atoms with Crippen LogP contribution >= 0.6 is 0 Å². The summed E-state index contributed by atoms with van der Waals surface area (Å²) in [7, 11) is 0. The van der Waals surface area contributed by atoms with Crippen LogP contribution in [-0.2, 0) is 4.79 Å². The molecule has 1 saturated heterocycles. The third kappa shape index (κ3) is 2.87. The number of hydrogen-bond acceptors (Lipinski definition) is 4. The topological polar surface area (TPSA) is 73.9 Å². The van der Waals surface area contributed by atoms with E-state index < -0.39 is 17.8 Å². The zero-order chi connectivity index (χ0) is 19.3. The third-order valence-electron chi connectivity index (χ3n) is 5.93. The van der Waals surface area contributed by atoms with Crippen molar-refractivity contribution in [3.8, 4) is 0 Å². The number of rotatable bonds is 4. The van der Waals surface area contributed by atoms with Crippen LogP contribution in [-0.4, -0.2) is 50.3 Å². The number of nitrogens with one attached hydrogen (secondary N) is 2. The van der Waals surface area contributed by atoms with Crippen molar-refractivity contribution in [3.63, 3.8) is 0 Å². The molecule has 1 saturated carbocycles. The summed E-state index contributed by atoms with van der Waals surface area (Å²) in [6.07, 6.45) is 6.07. The number of aromatic amines is 1. The molecule has 2 aromatic heterocycles. The van der Waals surface area contributed by atoms with Gasteiger partial charge in [-0.1, -0.05) is 13.5 Å². The Morgan fingerprint density at radius 1 is 1.41 bits per heavy atom. The second-order valence-corrected chi connectivity index (χ2v) is 7.59. The van der Waals surface area contributed by atoms with E-state index >= 15 is 0 Å². The Morgan fingerprint density at radius 3 is 2.81 bits per heavy atom. The molecule has 144 valence electrons. The number of amides is 1. The molecule has 0 spiro atoms. The fraction of sp³-hybridized carbons (Fsp3) is 0.526. The Balaban J connectivity index is 1.62. The summed E-state index contributed by atoms with van der Waals surface area (Å²) >= 11 is 0. The van der Waals surface area contributed by atoms with E-state index in [9.17, 15) is 13.6 Å². The Kier molecular flexibility index (Phi) is 4.16. The quantitative estimate of drug-likeness (QED) is 0.804. The van der Waals surface area contributed by atoms with Crippen LogP contribution in [0.5, 0.6) is 0 Å². The summed E-state index contributed by atoms with van der Waals surface area (Å²) in [5.41, 5.74) is 1.09. The monoisotopic (exact) mass is 375 g/mol. The third-order valence-corrected chi connectivity index (χ3v) is 5.93. The molecule has 2 aromatic rings. The number of H-pyrrole nitrogens is 1.